The van der Waals surface area contributed by atoms with Crippen LogP contribution in [0.4, 0.5) is 0 Å². The van der Waals surface area contributed by atoms with Crippen LogP contribution in [0.5, 0.6) is 5.75 Å². The Hall–Kier alpha value is -2.86. The molecular weight excluding hydrogens is 438 g/mol. The van der Waals surface area contributed by atoms with Gasteiger partial charge in [-0.05, 0) is 80.8 Å². The lowest BCUT2D eigenvalue weighted by atomic mass is 9.68. The van der Waals surface area contributed by atoms with Gasteiger partial charge >= 0.3 is 0 Å². The molecule has 6 heteroatoms. The number of carbonyl (C=O) groups is 2. The maximum Gasteiger partial charge on any atom is 0.239 e. The molecule has 1 saturated heterocycles. The van der Waals surface area contributed by atoms with Crippen molar-refractivity contribution in [1.29, 1.82) is 0 Å². The molecule has 0 radical (unpaired) electrons. The standard InChI is InChI=1S/C29H41N3O3/c1-21(2)31-27(34)19-30-28(35)24(17-23-9-6-5-7-10-23)13-15-32-16-14-29(4,22(3)20-32)25-11-8-12-26(33)18-25/h5-12,18,21-22,24,33H,13-17,19-20H2,1-4H3,(H,30,35)(H,31,34). The van der Waals surface area contributed by atoms with E-state index in [0.717, 1.165) is 38.0 Å². The van der Waals surface area contributed by atoms with E-state index in [-0.39, 0.29) is 35.7 Å². The first-order chi connectivity index (χ1) is 16.7. The Balaban J connectivity index is 1.60. The molecule has 0 aromatic heterocycles. The smallest absolute Gasteiger partial charge is 0.239 e. The minimum absolute atomic E-state index is 0.00528. The van der Waals surface area contributed by atoms with E-state index in [1.807, 2.05) is 44.2 Å². The highest BCUT2D eigenvalue weighted by atomic mass is 16.3. The van der Waals surface area contributed by atoms with Crippen LogP contribution in [-0.2, 0) is 21.4 Å². The van der Waals surface area contributed by atoms with Crippen LogP contribution >= 0.6 is 0 Å². The summed E-state index contributed by atoms with van der Waals surface area (Å²) in [5, 5.41) is 15.6. The number of phenols is 1. The second-order valence-corrected chi connectivity index (χ2v) is 10.5. The molecule has 3 rings (SSSR count). The lowest BCUT2D eigenvalue weighted by molar-refractivity contribution is -0.129. The molecule has 1 aliphatic heterocycles. The van der Waals surface area contributed by atoms with E-state index < -0.39 is 0 Å². The summed E-state index contributed by atoms with van der Waals surface area (Å²) in [7, 11) is 0. The molecule has 2 amide bonds. The van der Waals surface area contributed by atoms with Crippen molar-refractivity contribution in [3.63, 3.8) is 0 Å². The van der Waals surface area contributed by atoms with E-state index in [2.05, 4.69) is 47.6 Å². The topological polar surface area (TPSA) is 81.7 Å². The molecule has 3 atom stereocenters. The highest BCUT2D eigenvalue weighted by Crippen LogP contribution is 2.40. The lowest BCUT2D eigenvalue weighted by Crippen LogP contribution is -2.48. The molecular formula is C29H41N3O3. The van der Waals surface area contributed by atoms with Crippen molar-refractivity contribution in [3.8, 4) is 5.75 Å². The first kappa shape index (κ1) is 26.7. The zero-order chi connectivity index (χ0) is 25.4. The third-order valence-corrected chi connectivity index (χ3v) is 7.44. The maximum atomic E-state index is 13.1. The van der Waals surface area contributed by atoms with E-state index >= 15 is 0 Å². The molecule has 0 bridgehead atoms. The Kier molecular flexibility index (Phi) is 9.33. The van der Waals surface area contributed by atoms with Gasteiger partial charge in [0, 0.05) is 18.5 Å². The molecule has 1 aliphatic rings. The summed E-state index contributed by atoms with van der Waals surface area (Å²) >= 11 is 0. The Bertz CT molecular complexity index is 978. The third kappa shape index (κ3) is 7.56. The van der Waals surface area contributed by atoms with Gasteiger partial charge in [-0.1, -0.05) is 56.3 Å². The molecule has 3 N–H and O–H groups in total. The average Bonchev–Trinajstić information content (AvgIpc) is 2.82. The summed E-state index contributed by atoms with van der Waals surface area (Å²) in [6, 6.07) is 17.8. The SMILES string of the molecule is CC(C)NC(=O)CNC(=O)C(CCN1CCC(C)(c2cccc(O)c2)C(C)C1)Cc1ccccc1. The fourth-order valence-electron chi connectivity index (χ4n) is 5.06. The number of likely N-dealkylation sites (tertiary alicyclic amines) is 1. The van der Waals surface area contributed by atoms with Crippen LogP contribution in [0.3, 0.4) is 0 Å². The molecule has 35 heavy (non-hydrogen) atoms. The Morgan fingerprint density at radius 3 is 2.54 bits per heavy atom. The number of nitrogens with zero attached hydrogens (tertiary/aromatic N) is 1. The van der Waals surface area contributed by atoms with Gasteiger partial charge in [0.1, 0.15) is 5.75 Å². The molecule has 2 aromatic carbocycles. The van der Waals surface area contributed by atoms with E-state index in [4.69, 9.17) is 0 Å². The van der Waals surface area contributed by atoms with Crippen molar-refractivity contribution in [2.24, 2.45) is 11.8 Å². The number of hydrogen-bond acceptors (Lipinski definition) is 4. The Morgan fingerprint density at radius 1 is 1.14 bits per heavy atom. The van der Waals surface area contributed by atoms with Crippen LogP contribution in [0, 0.1) is 11.8 Å². The molecule has 0 aliphatic carbocycles. The van der Waals surface area contributed by atoms with Crippen LogP contribution in [-0.4, -0.2) is 54.0 Å². The van der Waals surface area contributed by atoms with E-state index in [1.54, 1.807) is 6.07 Å². The maximum absolute atomic E-state index is 13.1. The van der Waals surface area contributed by atoms with E-state index in [0.29, 0.717) is 18.1 Å². The van der Waals surface area contributed by atoms with Crippen molar-refractivity contribution in [3.05, 3.63) is 65.7 Å². The van der Waals surface area contributed by atoms with Crippen LogP contribution in [0.25, 0.3) is 0 Å². The van der Waals surface area contributed by atoms with Crippen LogP contribution in [0.15, 0.2) is 54.6 Å². The number of hydrogen-bond donors (Lipinski definition) is 3. The van der Waals surface area contributed by atoms with E-state index in [9.17, 15) is 14.7 Å². The second kappa shape index (κ2) is 12.2. The number of rotatable bonds is 10. The van der Waals surface area contributed by atoms with Crippen molar-refractivity contribution >= 4 is 11.8 Å². The first-order valence-electron chi connectivity index (χ1n) is 12.8. The Morgan fingerprint density at radius 2 is 1.89 bits per heavy atom. The lowest BCUT2D eigenvalue weighted by Gasteiger charge is -2.45. The number of piperidine rings is 1. The zero-order valence-corrected chi connectivity index (χ0v) is 21.6. The molecule has 1 heterocycles. The predicted octanol–water partition coefficient (Wildman–Crippen LogP) is 3.88. The molecule has 2 aromatic rings. The number of aromatic hydroxyl groups is 1. The number of amides is 2. The summed E-state index contributed by atoms with van der Waals surface area (Å²) in [5.74, 6) is 0.304. The van der Waals surface area contributed by atoms with Gasteiger partial charge in [0.15, 0.2) is 0 Å². The fourth-order valence-corrected chi connectivity index (χ4v) is 5.06. The number of phenolic OH excluding ortho intramolecular Hbond substituents is 1. The highest BCUT2D eigenvalue weighted by molar-refractivity contribution is 5.86. The minimum Gasteiger partial charge on any atom is -0.508 e. The van der Waals surface area contributed by atoms with Gasteiger partial charge in [-0.15, -0.1) is 0 Å². The van der Waals surface area contributed by atoms with Gasteiger partial charge in [0.25, 0.3) is 0 Å². The number of benzene rings is 2. The summed E-state index contributed by atoms with van der Waals surface area (Å²) in [4.78, 5) is 27.5. The van der Waals surface area contributed by atoms with Crippen molar-refractivity contribution in [2.45, 2.75) is 58.4 Å². The molecule has 190 valence electrons. The Labute approximate surface area is 210 Å². The molecule has 0 spiro atoms. The van der Waals surface area contributed by atoms with Gasteiger partial charge in [0.2, 0.25) is 11.8 Å². The largest absolute Gasteiger partial charge is 0.508 e. The monoisotopic (exact) mass is 479 g/mol. The number of carbonyl (C=O) groups excluding carboxylic acids is 2. The van der Waals surface area contributed by atoms with Gasteiger partial charge in [0.05, 0.1) is 6.54 Å². The normalized spacial score (nSPS) is 21.5. The van der Waals surface area contributed by atoms with Crippen LogP contribution in [0.2, 0.25) is 0 Å². The van der Waals surface area contributed by atoms with E-state index in [1.165, 1.54) is 5.56 Å². The number of nitrogens with one attached hydrogen (secondary N) is 2. The summed E-state index contributed by atoms with van der Waals surface area (Å²) in [6.45, 7) is 11.1. The van der Waals surface area contributed by atoms with Gasteiger partial charge in [-0.2, -0.15) is 0 Å². The van der Waals surface area contributed by atoms with Gasteiger partial charge < -0.3 is 20.6 Å². The van der Waals surface area contributed by atoms with Crippen LogP contribution in [0.1, 0.15) is 51.7 Å². The molecule has 1 fully saturated rings. The molecule has 0 saturated carbocycles. The summed E-state index contributed by atoms with van der Waals surface area (Å²) in [5.41, 5.74) is 2.33. The quantitative estimate of drug-likeness (QED) is 0.483. The van der Waals surface area contributed by atoms with Crippen molar-refractivity contribution in [2.75, 3.05) is 26.2 Å². The minimum atomic E-state index is -0.195. The first-order valence-corrected chi connectivity index (χ1v) is 12.8. The van der Waals surface area contributed by atoms with Crippen molar-refractivity contribution in [1.82, 2.24) is 15.5 Å². The zero-order valence-electron chi connectivity index (χ0n) is 21.6. The summed E-state index contributed by atoms with van der Waals surface area (Å²) < 4.78 is 0. The highest BCUT2D eigenvalue weighted by Gasteiger charge is 2.38. The third-order valence-electron chi connectivity index (χ3n) is 7.44. The second-order valence-electron chi connectivity index (χ2n) is 10.5. The molecule has 6 nitrogen and oxygen atoms in total. The molecule has 3 unspecified atom stereocenters. The predicted molar refractivity (Wildman–Crippen MR) is 140 cm³/mol. The van der Waals surface area contributed by atoms with Gasteiger partial charge in [-0.3, -0.25) is 9.59 Å². The average molecular weight is 480 g/mol. The summed E-state index contributed by atoms with van der Waals surface area (Å²) in [6.07, 6.45) is 2.40. The fraction of sp³-hybridized carbons (Fsp3) is 0.517. The van der Waals surface area contributed by atoms with Crippen molar-refractivity contribution < 1.29 is 14.7 Å². The van der Waals surface area contributed by atoms with Crippen LogP contribution < -0.4 is 10.6 Å². The van der Waals surface area contributed by atoms with Gasteiger partial charge in [-0.25, -0.2) is 0 Å².